The van der Waals surface area contributed by atoms with Crippen molar-refractivity contribution < 1.29 is 9.90 Å². The van der Waals surface area contributed by atoms with Gasteiger partial charge in [0.2, 0.25) is 0 Å². The molecular weight excluding hydrogens is 323 g/mol. The number of benzene rings is 1. The Hall–Kier alpha value is -0.388. The van der Waals surface area contributed by atoms with Crippen LogP contribution in [0, 0.1) is 0 Å². The van der Waals surface area contributed by atoms with E-state index in [1.807, 2.05) is 0 Å². The van der Waals surface area contributed by atoms with E-state index in [1.165, 1.54) is 6.07 Å². The van der Waals surface area contributed by atoms with E-state index in [1.54, 1.807) is 18.2 Å². The van der Waals surface area contributed by atoms with Crippen LogP contribution in [0.5, 0.6) is 5.75 Å². The first-order valence-corrected chi connectivity index (χ1v) is 2.58. The van der Waals surface area contributed by atoms with E-state index in [2.05, 4.69) is 0 Å². The van der Waals surface area contributed by atoms with E-state index in [4.69, 9.17) is 5.11 Å². The summed E-state index contributed by atoms with van der Waals surface area (Å²) in [5.74, 6) is 0.0347. The van der Waals surface area contributed by atoms with E-state index < -0.39 is 0 Å². The molecule has 0 aliphatic rings. The second-order valence-corrected chi connectivity index (χ2v) is 1.68. The summed E-state index contributed by atoms with van der Waals surface area (Å²) in [5.41, 5.74) is 0.331. The summed E-state index contributed by atoms with van der Waals surface area (Å²) in [6.45, 7) is 0. The van der Waals surface area contributed by atoms with E-state index in [9.17, 15) is 4.79 Å². The molecule has 0 saturated heterocycles. The van der Waals surface area contributed by atoms with Crippen molar-refractivity contribution in [2.24, 2.45) is 0 Å². The van der Waals surface area contributed by atoms with Crippen molar-refractivity contribution in [1.82, 2.24) is 0 Å². The van der Waals surface area contributed by atoms with Gasteiger partial charge in [0.05, 0.1) is 5.56 Å². The van der Waals surface area contributed by atoms with Crippen molar-refractivity contribution in [3.8, 4) is 5.75 Å². The molecular formula is C7H8O2Pb. The molecule has 0 unspecified atom stereocenters. The van der Waals surface area contributed by atoms with Gasteiger partial charge in [0, 0.05) is 0 Å². The molecule has 52 valence electrons. The number of hydrogen-bond donors (Lipinski definition) is 1. The third kappa shape index (κ3) is 2.09. The minimum absolute atomic E-state index is 0. The Morgan fingerprint density at radius 3 is 2.30 bits per heavy atom. The molecule has 2 radical (unpaired) electrons. The van der Waals surface area contributed by atoms with Crippen LogP contribution in [0.3, 0.4) is 0 Å². The number of carbonyl (C=O) groups is 1. The summed E-state index contributed by atoms with van der Waals surface area (Å²) in [7, 11) is 0. The number of para-hydroxylation sites is 1. The second kappa shape index (κ2) is 4.43. The molecule has 2 nitrogen and oxygen atoms in total. The molecule has 0 aromatic heterocycles. The van der Waals surface area contributed by atoms with Gasteiger partial charge in [0.1, 0.15) is 5.75 Å². The zero-order chi connectivity index (χ0) is 6.69. The van der Waals surface area contributed by atoms with Crippen LogP contribution in [0.2, 0.25) is 0 Å². The summed E-state index contributed by atoms with van der Waals surface area (Å²) < 4.78 is 0. The van der Waals surface area contributed by atoms with Gasteiger partial charge in [0.15, 0.2) is 6.29 Å². The minimum atomic E-state index is 0. The molecule has 0 atom stereocenters. The number of phenolic OH excluding ortho intramolecular Hbond substituents is 1. The van der Waals surface area contributed by atoms with Gasteiger partial charge in [-0.1, -0.05) is 12.1 Å². The summed E-state index contributed by atoms with van der Waals surface area (Å²) in [4.78, 5) is 10.1. The Labute approximate surface area is 79.0 Å². The Balaban J connectivity index is 0.000000810. The molecule has 0 bridgehead atoms. The third-order valence-corrected chi connectivity index (χ3v) is 1.06. The number of rotatable bonds is 1. The monoisotopic (exact) mass is 332 g/mol. The van der Waals surface area contributed by atoms with Gasteiger partial charge in [-0.15, -0.1) is 0 Å². The topological polar surface area (TPSA) is 37.3 Å². The number of phenols is 1. The predicted octanol–water partition coefficient (Wildman–Crippen LogP) is 0.289. The first kappa shape index (κ1) is 9.61. The van der Waals surface area contributed by atoms with Gasteiger partial charge in [-0.05, 0) is 12.1 Å². The maximum atomic E-state index is 10.1. The summed E-state index contributed by atoms with van der Waals surface area (Å²) in [6.07, 6.45) is 0.620. The molecule has 0 fully saturated rings. The van der Waals surface area contributed by atoms with E-state index in [0.29, 0.717) is 11.8 Å². The Bertz CT molecular complexity index is 223. The Morgan fingerprint density at radius 1 is 1.30 bits per heavy atom. The molecule has 1 N–H and O–H groups in total. The SMILES string of the molecule is O=Cc1ccccc1O.[PbH2]. The van der Waals surface area contributed by atoms with E-state index >= 15 is 0 Å². The molecule has 0 heterocycles. The standard InChI is InChI=1S/C7H6O2.Pb.2H/c8-5-6-3-1-2-4-7(6)9;;;/h1-5,9H;;;. The molecule has 1 aromatic carbocycles. The van der Waals surface area contributed by atoms with Crippen LogP contribution in [0.4, 0.5) is 0 Å². The fourth-order valence-electron chi connectivity index (χ4n) is 0.587. The van der Waals surface area contributed by atoms with Crippen molar-refractivity contribution in [2.45, 2.75) is 0 Å². The molecule has 1 aromatic rings. The van der Waals surface area contributed by atoms with Gasteiger partial charge in [-0.2, -0.15) is 0 Å². The van der Waals surface area contributed by atoms with Gasteiger partial charge in [0.25, 0.3) is 0 Å². The molecule has 10 heavy (non-hydrogen) atoms. The third-order valence-electron chi connectivity index (χ3n) is 1.06. The molecule has 0 saturated carbocycles. The summed E-state index contributed by atoms with van der Waals surface area (Å²) in [5, 5.41) is 8.88. The molecule has 0 amide bonds. The van der Waals surface area contributed by atoms with E-state index in [0.717, 1.165) is 0 Å². The number of hydrogen-bond acceptors (Lipinski definition) is 2. The first-order chi connectivity index (χ1) is 4.34. The van der Waals surface area contributed by atoms with Gasteiger partial charge in [-0.25, -0.2) is 0 Å². The molecule has 1 rings (SSSR count). The van der Waals surface area contributed by atoms with Crippen LogP contribution in [-0.4, -0.2) is 38.7 Å². The summed E-state index contributed by atoms with van der Waals surface area (Å²) >= 11 is 0. The number of carbonyl (C=O) groups excluding carboxylic acids is 1. The van der Waals surface area contributed by atoms with Crippen molar-refractivity contribution in [2.75, 3.05) is 0 Å². The zero-order valence-corrected chi connectivity index (χ0v) is 10.9. The van der Waals surface area contributed by atoms with Gasteiger partial charge in [-0.3, -0.25) is 4.79 Å². The quantitative estimate of drug-likeness (QED) is 0.593. The van der Waals surface area contributed by atoms with Crippen LogP contribution >= 0.6 is 0 Å². The maximum absolute atomic E-state index is 10.1. The molecule has 0 aliphatic carbocycles. The predicted molar refractivity (Wildman–Crippen MR) is 42.0 cm³/mol. The van der Waals surface area contributed by atoms with Crippen LogP contribution in [0.25, 0.3) is 0 Å². The fourth-order valence-corrected chi connectivity index (χ4v) is 0.587. The van der Waals surface area contributed by atoms with Gasteiger partial charge < -0.3 is 5.11 Å². The van der Waals surface area contributed by atoms with Crippen molar-refractivity contribution >= 4 is 33.6 Å². The van der Waals surface area contributed by atoms with Crippen LogP contribution < -0.4 is 0 Å². The first-order valence-electron chi connectivity index (χ1n) is 2.58. The fraction of sp³-hybridized carbons (Fsp3) is 0. The second-order valence-electron chi connectivity index (χ2n) is 1.68. The average Bonchev–Trinajstić information content (AvgIpc) is 1.89. The Kier molecular flexibility index (Phi) is 4.26. The van der Waals surface area contributed by atoms with Crippen molar-refractivity contribution in [3.05, 3.63) is 29.8 Å². The average molecular weight is 331 g/mol. The van der Waals surface area contributed by atoms with E-state index in [-0.39, 0.29) is 33.0 Å². The zero-order valence-electron chi connectivity index (χ0n) is 5.45. The van der Waals surface area contributed by atoms with Crippen LogP contribution in [0.15, 0.2) is 24.3 Å². The van der Waals surface area contributed by atoms with Gasteiger partial charge >= 0.3 is 27.3 Å². The number of aldehydes is 1. The van der Waals surface area contributed by atoms with Crippen molar-refractivity contribution in [1.29, 1.82) is 0 Å². The molecule has 3 heteroatoms. The summed E-state index contributed by atoms with van der Waals surface area (Å²) in [6, 6.07) is 6.40. The normalized spacial score (nSPS) is 8.00. The van der Waals surface area contributed by atoms with Crippen molar-refractivity contribution in [3.63, 3.8) is 0 Å². The van der Waals surface area contributed by atoms with Crippen LogP contribution in [0.1, 0.15) is 10.4 Å². The molecule has 0 aliphatic heterocycles. The number of aromatic hydroxyl groups is 1. The Morgan fingerprint density at radius 2 is 1.90 bits per heavy atom. The van der Waals surface area contributed by atoms with Crippen LogP contribution in [-0.2, 0) is 0 Å². The molecule has 0 spiro atoms.